The van der Waals surface area contributed by atoms with Gasteiger partial charge in [0.15, 0.2) is 0 Å². The van der Waals surface area contributed by atoms with Crippen LogP contribution in [0.2, 0.25) is 5.02 Å². The highest BCUT2D eigenvalue weighted by Crippen LogP contribution is 2.30. The van der Waals surface area contributed by atoms with E-state index in [1.165, 1.54) is 24.1 Å². The summed E-state index contributed by atoms with van der Waals surface area (Å²) in [6, 6.07) is 21.2. The van der Waals surface area contributed by atoms with E-state index in [0.29, 0.717) is 6.42 Å². The molecule has 3 aromatic rings. The minimum absolute atomic E-state index is 0.0290. The molecule has 0 radical (unpaired) electrons. The molecule has 36 heavy (non-hydrogen) atoms. The highest BCUT2D eigenvalue weighted by atomic mass is 35.5. The number of amides is 2. The number of para-hydroxylation sites is 1. The first-order chi connectivity index (χ1) is 17.2. The fraction of sp³-hybridized carbons (Fsp3) is 0.259. The van der Waals surface area contributed by atoms with Gasteiger partial charge in [-0.05, 0) is 43.2 Å². The van der Waals surface area contributed by atoms with Crippen molar-refractivity contribution in [2.75, 3.05) is 17.9 Å². The third-order valence-corrected chi connectivity index (χ3v) is 7.89. The van der Waals surface area contributed by atoms with Crippen LogP contribution in [-0.4, -0.2) is 44.8 Å². The van der Waals surface area contributed by atoms with Crippen molar-refractivity contribution in [3.8, 4) is 0 Å². The Morgan fingerprint density at radius 1 is 0.972 bits per heavy atom. The van der Waals surface area contributed by atoms with Crippen LogP contribution in [0.5, 0.6) is 0 Å². The van der Waals surface area contributed by atoms with Crippen LogP contribution >= 0.6 is 11.6 Å². The number of anilines is 1. The lowest BCUT2D eigenvalue weighted by Crippen LogP contribution is -2.51. The maximum absolute atomic E-state index is 13.8. The van der Waals surface area contributed by atoms with Gasteiger partial charge in [0.1, 0.15) is 12.6 Å². The van der Waals surface area contributed by atoms with Crippen LogP contribution in [0.3, 0.4) is 0 Å². The summed E-state index contributed by atoms with van der Waals surface area (Å²) >= 11 is 6.39. The van der Waals surface area contributed by atoms with Crippen molar-refractivity contribution in [1.82, 2.24) is 10.2 Å². The summed E-state index contributed by atoms with van der Waals surface area (Å²) in [6.07, 6.45) is 0.356. The summed E-state index contributed by atoms with van der Waals surface area (Å²) < 4.78 is 28.4. The van der Waals surface area contributed by atoms with E-state index >= 15 is 0 Å². The number of benzene rings is 3. The topological polar surface area (TPSA) is 86.8 Å². The lowest BCUT2D eigenvalue weighted by Gasteiger charge is -2.33. The normalized spacial score (nSPS) is 12.0. The second kappa shape index (κ2) is 12.1. The molecule has 1 N–H and O–H groups in total. The first kappa shape index (κ1) is 27.2. The van der Waals surface area contributed by atoms with Crippen LogP contribution in [0.25, 0.3) is 0 Å². The zero-order valence-corrected chi connectivity index (χ0v) is 22.1. The van der Waals surface area contributed by atoms with Crippen molar-refractivity contribution in [2.45, 2.75) is 37.8 Å². The van der Waals surface area contributed by atoms with E-state index in [4.69, 9.17) is 11.6 Å². The molecule has 190 valence electrons. The Kier molecular flexibility index (Phi) is 9.12. The Balaban J connectivity index is 2.06. The SMILES string of the molecule is CC[C@H](C(=O)NC)N(Cc1cccc(C)c1)C(=O)CN(c1ccccc1Cl)S(=O)(=O)c1ccccc1. The Morgan fingerprint density at radius 3 is 2.25 bits per heavy atom. The van der Waals surface area contributed by atoms with Crippen molar-refractivity contribution in [3.05, 3.63) is 95.0 Å². The van der Waals surface area contributed by atoms with Crippen molar-refractivity contribution in [1.29, 1.82) is 0 Å². The molecule has 7 nitrogen and oxygen atoms in total. The Labute approximate surface area is 217 Å². The average molecular weight is 528 g/mol. The summed E-state index contributed by atoms with van der Waals surface area (Å²) in [5.74, 6) is -0.847. The number of halogens is 1. The molecular weight excluding hydrogens is 498 g/mol. The van der Waals surface area contributed by atoms with E-state index in [-0.39, 0.29) is 28.1 Å². The molecule has 1 atom stereocenters. The van der Waals surface area contributed by atoms with Gasteiger partial charge < -0.3 is 10.2 Å². The van der Waals surface area contributed by atoms with Gasteiger partial charge in [0.2, 0.25) is 11.8 Å². The summed E-state index contributed by atoms with van der Waals surface area (Å²) in [4.78, 5) is 28.0. The Morgan fingerprint density at radius 2 is 1.64 bits per heavy atom. The molecule has 0 spiro atoms. The third-order valence-electron chi connectivity index (χ3n) is 5.80. The molecule has 0 saturated heterocycles. The molecule has 0 saturated carbocycles. The number of aryl methyl sites for hydroxylation is 1. The Bertz CT molecular complexity index is 1320. The van der Waals surface area contributed by atoms with Gasteiger partial charge in [0.05, 0.1) is 15.6 Å². The summed E-state index contributed by atoms with van der Waals surface area (Å²) in [5.41, 5.74) is 2.03. The average Bonchev–Trinajstić information content (AvgIpc) is 2.87. The van der Waals surface area contributed by atoms with Crippen LogP contribution < -0.4 is 9.62 Å². The number of rotatable bonds is 10. The number of hydrogen-bond donors (Lipinski definition) is 1. The highest BCUT2D eigenvalue weighted by molar-refractivity contribution is 7.92. The molecule has 0 unspecified atom stereocenters. The van der Waals surface area contributed by atoms with Gasteiger partial charge in [-0.2, -0.15) is 0 Å². The number of carbonyl (C=O) groups excluding carboxylic acids is 2. The maximum Gasteiger partial charge on any atom is 0.264 e. The van der Waals surface area contributed by atoms with Crippen LogP contribution in [0.15, 0.2) is 83.8 Å². The van der Waals surface area contributed by atoms with Gasteiger partial charge in [-0.15, -0.1) is 0 Å². The quantitative estimate of drug-likeness (QED) is 0.423. The minimum Gasteiger partial charge on any atom is -0.357 e. The molecule has 9 heteroatoms. The number of carbonyl (C=O) groups is 2. The van der Waals surface area contributed by atoms with Crippen LogP contribution in [0, 0.1) is 6.92 Å². The minimum atomic E-state index is -4.14. The summed E-state index contributed by atoms with van der Waals surface area (Å²) in [7, 11) is -2.63. The highest BCUT2D eigenvalue weighted by Gasteiger charge is 2.34. The number of sulfonamides is 1. The molecule has 0 fully saturated rings. The second-order valence-electron chi connectivity index (χ2n) is 8.33. The molecule has 0 aromatic heterocycles. The summed E-state index contributed by atoms with van der Waals surface area (Å²) in [5, 5.41) is 2.80. The standard InChI is InChI=1S/C27H30ClN3O4S/c1-4-24(27(33)29-3)30(18-21-12-10-11-20(2)17-21)26(32)19-31(25-16-9-8-15-23(25)28)36(34,35)22-13-6-5-7-14-22/h5-17,24H,4,18-19H2,1-3H3,(H,29,33)/t24-/m1/s1. The monoisotopic (exact) mass is 527 g/mol. The van der Waals surface area contributed by atoms with E-state index in [1.807, 2.05) is 38.1 Å². The molecule has 0 heterocycles. The van der Waals surface area contributed by atoms with E-state index in [1.54, 1.807) is 42.5 Å². The van der Waals surface area contributed by atoms with E-state index in [2.05, 4.69) is 5.32 Å². The fourth-order valence-electron chi connectivity index (χ4n) is 3.98. The van der Waals surface area contributed by atoms with Gasteiger partial charge in [0, 0.05) is 13.6 Å². The smallest absolute Gasteiger partial charge is 0.264 e. The largest absolute Gasteiger partial charge is 0.357 e. The number of nitrogens with one attached hydrogen (secondary N) is 1. The second-order valence-corrected chi connectivity index (χ2v) is 10.6. The molecule has 0 aliphatic carbocycles. The van der Waals surface area contributed by atoms with Crippen molar-refractivity contribution in [2.24, 2.45) is 0 Å². The van der Waals surface area contributed by atoms with Crippen molar-refractivity contribution in [3.63, 3.8) is 0 Å². The van der Waals surface area contributed by atoms with Crippen LogP contribution in [0.4, 0.5) is 5.69 Å². The zero-order valence-electron chi connectivity index (χ0n) is 20.5. The summed E-state index contributed by atoms with van der Waals surface area (Å²) in [6.45, 7) is 3.37. The van der Waals surface area contributed by atoms with Gasteiger partial charge in [-0.1, -0.05) is 78.7 Å². The van der Waals surface area contributed by atoms with E-state index in [9.17, 15) is 18.0 Å². The van der Waals surface area contributed by atoms with E-state index < -0.39 is 28.5 Å². The Hall–Kier alpha value is -3.36. The predicted octanol–water partition coefficient (Wildman–Crippen LogP) is 4.40. The predicted molar refractivity (Wildman–Crippen MR) is 142 cm³/mol. The molecule has 3 aromatic carbocycles. The fourth-order valence-corrected chi connectivity index (χ4v) is 5.72. The zero-order chi connectivity index (χ0) is 26.3. The van der Waals surface area contributed by atoms with Crippen molar-refractivity contribution < 1.29 is 18.0 Å². The van der Waals surface area contributed by atoms with Gasteiger partial charge >= 0.3 is 0 Å². The molecule has 2 amide bonds. The number of hydrogen-bond acceptors (Lipinski definition) is 4. The molecule has 0 aliphatic heterocycles. The van der Waals surface area contributed by atoms with Crippen molar-refractivity contribution >= 4 is 39.1 Å². The molecule has 0 aliphatic rings. The lowest BCUT2D eigenvalue weighted by molar-refractivity contribution is -0.140. The number of nitrogens with zero attached hydrogens (tertiary/aromatic N) is 2. The van der Waals surface area contributed by atoms with Crippen LogP contribution in [0.1, 0.15) is 24.5 Å². The first-order valence-corrected chi connectivity index (χ1v) is 13.4. The molecular formula is C27H30ClN3O4S. The first-order valence-electron chi connectivity index (χ1n) is 11.6. The number of likely N-dealkylation sites (N-methyl/N-ethyl adjacent to an activating group) is 1. The third kappa shape index (κ3) is 6.25. The van der Waals surface area contributed by atoms with Gasteiger partial charge in [0.25, 0.3) is 10.0 Å². The van der Waals surface area contributed by atoms with E-state index in [0.717, 1.165) is 15.4 Å². The maximum atomic E-state index is 13.8. The lowest BCUT2D eigenvalue weighted by atomic mass is 10.1. The van der Waals surface area contributed by atoms with Crippen LogP contribution in [-0.2, 0) is 26.2 Å². The van der Waals surface area contributed by atoms with Gasteiger partial charge in [-0.3, -0.25) is 13.9 Å². The van der Waals surface area contributed by atoms with Gasteiger partial charge in [-0.25, -0.2) is 8.42 Å². The molecule has 3 rings (SSSR count). The molecule has 0 bridgehead atoms.